The van der Waals surface area contributed by atoms with Gasteiger partial charge in [-0.2, -0.15) is 0 Å². The van der Waals surface area contributed by atoms with Gasteiger partial charge in [-0.05, 0) is 30.4 Å². The number of aliphatic carboxylic acids is 1. The van der Waals surface area contributed by atoms with E-state index >= 15 is 0 Å². The van der Waals surface area contributed by atoms with Crippen LogP contribution in [0.5, 0.6) is 0 Å². The van der Waals surface area contributed by atoms with Crippen LogP contribution in [0.3, 0.4) is 0 Å². The molecular formula is C12H16ClNO2. The van der Waals surface area contributed by atoms with Crippen LogP contribution in [-0.4, -0.2) is 16.1 Å². The monoisotopic (exact) mass is 241 g/mol. The third kappa shape index (κ3) is 2.73. The predicted octanol–water partition coefficient (Wildman–Crippen LogP) is 2.86. The van der Waals surface area contributed by atoms with Gasteiger partial charge in [0.25, 0.3) is 0 Å². The van der Waals surface area contributed by atoms with E-state index in [0.717, 1.165) is 31.2 Å². The average Bonchev–Trinajstić information content (AvgIpc) is 2.30. The molecule has 1 aliphatic carbocycles. The Morgan fingerprint density at radius 2 is 2.12 bits per heavy atom. The Kier molecular flexibility index (Phi) is 4.74. The molecule has 0 radical (unpaired) electrons. The number of nitrogens with zero attached hydrogens (tertiary/aromatic N) is 1. The van der Waals surface area contributed by atoms with Crippen molar-refractivity contribution < 1.29 is 9.90 Å². The molecule has 1 N–H and O–H groups in total. The SMILES string of the molecule is Cl.O=C(O)C1CCCCC1c1cccnc1. The topological polar surface area (TPSA) is 50.2 Å². The summed E-state index contributed by atoms with van der Waals surface area (Å²) in [7, 11) is 0. The second-order valence-electron chi connectivity index (χ2n) is 4.12. The minimum atomic E-state index is -0.663. The van der Waals surface area contributed by atoms with Gasteiger partial charge < -0.3 is 5.11 Å². The van der Waals surface area contributed by atoms with E-state index in [1.807, 2.05) is 12.1 Å². The smallest absolute Gasteiger partial charge is 0.307 e. The van der Waals surface area contributed by atoms with Crippen molar-refractivity contribution in [2.24, 2.45) is 5.92 Å². The fourth-order valence-corrected chi connectivity index (χ4v) is 2.42. The van der Waals surface area contributed by atoms with Crippen molar-refractivity contribution in [3.8, 4) is 0 Å². The van der Waals surface area contributed by atoms with Gasteiger partial charge in [-0.25, -0.2) is 0 Å². The lowest BCUT2D eigenvalue weighted by Gasteiger charge is -2.28. The van der Waals surface area contributed by atoms with Gasteiger partial charge in [0.15, 0.2) is 0 Å². The van der Waals surface area contributed by atoms with Crippen molar-refractivity contribution in [2.45, 2.75) is 31.6 Å². The van der Waals surface area contributed by atoms with E-state index in [9.17, 15) is 4.79 Å². The maximum atomic E-state index is 11.1. The van der Waals surface area contributed by atoms with E-state index in [-0.39, 0.29) is 24.2 Å². The van der Waals surface area contributed by atoms with Gasteiger partial charge in [0, 0.05) is 12.4 Å². The number of aromatic nitrogens is 1. The highest BCUT2D eigenvalue weighted by Gasteiger charge is 2.31. The Balaban J connectivity index is 0.00000128. The molecule has 0 bridgehead atoms. The van der Waals surface area contributed by atoms with Gasteiger partial charge >= 0.3 is 5.97 Å². The quantitative estimate of drug-likeness (QED) is 0.866. The zero-order chi connectivity index (χ0) is 10.7. The van der Waals surface area contributed by atoms with Crippen LogP contribution >= 0.6 is 12.4 Å². The maximum Gasteiger partial charge on any atom is 0.307 e. The van der Waals surface area contributed by atoms with E-state index in [0.29, 0.717) is 0 Å². The Bertz CT molecular complexity index is 342. The first-order chi connectivity index (χ1) is 7.29. The Morgan fingerprint density at radius 1 is 1.38 bits per heavy atom. The van der Waals surface area contributed by atoms with Crippen LogP contribution < -0.4 is 0 Å². The molecule has 2 unspecified atom stereocenters. The van der Waals surface area contributed by atoms with Crippen molar-refractivity contribution in [1.82, 2.24) is 4.98 Å². The summed E-state index contributed by atoms with van der Waals surface area (Å²) in [6, 6.07) is 3.86. The molecule has 3 nitrogen and oxygen atoms in total. The fourth-order valence-electron chi connectivity index (χ4n) is 2.42. The first kappa shape index (κ1) is 13.0. The van der Waals surface area contributed by atoms with E-state index < -0.39 is 5.97 Å². The van der Waals surface area contributed by atoms with Crippen LogP contribution in [0.25, 0.3) is 0 Å². The fraction of sp³-hybridized carbons (Fsp3) is 0.500. The number of carboxylic acid groups (broad SMARTS) is 1. The molecule has 16 heavy (non-hydrogen) atoms. The number of rotatable bonds is 2. The summed E-state index contributed by atoms with van der Waals surface area (Å²) in [4.78, 5) is 15.2. The lowest BCUT2D eigenvalue weighted by atomic mass is 9.76. The molecular weight excluding hydrogens is 226 g/mol. The van der Waals surface area contributed by atoms with Crippen LogP contribution in [0.1, 0.15) is 37.2 Å². The summed E-state index contributed by atoms with van der Waals surface area (Å²) in [5, 5.41) is 9.15. The minimum absolute atomic E-state index is 0. The number of pyridine rings is 1. The standard InChI is InChI=1S/C12H15NO2.ClH/c14-12(15)11-6-2-1-5-10(11)9-4-3-7-13-8-9;/h3-4,7-8,10-11H,1-2,5-6H2,(H,14,15);1H. The van der Waals surface area contributed by atoms with Crippen LogP contribution in [0.2, 0.25) is 0 Å². The number of hydrogen-bond donors (Lipinski definition) is 1. The minimum Gasteiger partial charge on any atom is -0.481 e. The zero-order valence-electron chi connectivity index (χ0n) is 9.00. The third-order valence-electron chi connectivity index (χ3n) is 3.20. The molecule has 1 heterocycles. The molecule has 1 fully saturated rings. The molecule has 2 atom stereocenters. The molecule has 2 rings (SSSR count). The Morgan fingerprint density at radius 3 is 2.75 bits per heavy atom. The van der Waals surface area contributed by atoms with Crippen molar-refractivity contribution in [2.75, 3.05) is 0 Å². The number of halogens is 1. The molecule has 1 saturated carbocycles. The summed E-state index contributed by atoms with van der Waals surface area (Å²) in [5.41, 5.74) is 1.07. The normalized spacial score (nSPS) is 24.5. The van der Waals surface area contributed by atoms with Crippen molar-refractivity contribution in [3.05, 3.63) is 30.1 Å². The van der Waals surface area contributed by atoms with E-state index in [2.05, 4.69) is 4.98 Å². The van der Waals surface area contributed by atoms with E-state index in [1.165, 1.54) is 0 Å². The van der Waals surface area contributed by atoms with Crippen molar-refractivity contribution in [1.29, 1.82) is 0 Å². The summed E-state index contributed by atoms with van der Waals surface area (Å²) in [5.74, 6) is -0.726. The van der Waals surface area contributed by atoms with E-state index in [4.69, 9.17) is 5.11 Å². The summed E-state index contributed by atoms with van der Waals surface area (Å²) in [6.45, 7) is 0. The second kappa shape index (κ2) is 5.85. The molecule has 0 saturated heterocycles. The molecule has 0 spiro atoms. The first-order valence-electron chi connectivity index (χ1n) is 5.42. The Hall–Kier alpha value is -1.09. The van der Waals surface area contributed by atoms with Crippen molar-refractivity contribution in [3.63, 3.8) is 0 Å². The van der Waals surface area contributed by atoms with E-state index in [1.54, 1.807) is 12.4 Å². The molecule has 0 aromatic carbocycles. The zero-order valence-corrected chi connectivity index (χ0v) is 9.82. The molecule has 1 aliphatic rings. The predicted molar refractivity (Wildman–Crippen MR) is 63.8 cm³/mol. The van der Waals surface area contributed by atoms with Gasteiger partial charge in [0.1, 0.15) is 0 Å². The average molecular weight is 242 g/mol. The van der Waals surface area contributed by atoms with Crippen LogP contribution in [0.4, 0.5) is 0 Å². The second-order valence-corrected chi connectivity index (χ2v) is 4.12. The molecule has 1 aromatic heterocycles. The lowest BCUT2D eigenvalue weighted by molar-refractivity contribution is -0.143. The van der Waals surface area contributed by atoms with Crippen LogP contribution in [0, 0.1) is 5.92 Å². The molecule has 0 aliphatic heterocycles. The summed E-state index contributed by atoms with van der Waals surface area (Å²) < 4.78 is 0. The number of carbonyl (C=O) groups is 1. The van der Waals surface area contributed by atoms with Gasteiger partial charge in [-0.15, -0.1) is 12.4 Å². The number of carboxylic acids is 1. The lowest BCUT2D eigenvalue weighted by Crippen LogP contribution is -2.25. The Labute approximate surface area is 101 Å². The van der Waals surface area contributed by atoms with Crippen LogP contribution in [-0.2, 0) is 4.79 Å². The summed E-state index contributed by atoms with van der Waals surface area (Å²) in [6.07, 6.45) is 7.46. The van der Waals surface area contributed by atoms with Crippen molar-refractivity contribution >= 4 is 18.4 Å². The van der Waals surface area contributed by atoms with Gasteiger partial charge in [-0.1, -0.05) is 18.9 Å². The first-order valence-corrected chi connectivity index (χ1v) is 5.42. The highest BCUT2D eigenvalue weighted by molar-refractivity contribution is 5.85. The van der Waals surface area contributed by atoms with Gasteiger partial charge in [0.05, 0.1) is 5.92 Å². The van der Waals surface area contributed by atoms with Crippen LogP contribution in [0.15, 0.2) is 24.5 Å². The summed E-state index contributed by atoms with van der Waals surface area (Å²) >= 11 is 0. The van der Waals surface area contributed by atoms with Gasteiger partial charge in [-0.3, -0.25) is 9.78 Å². The highest BCUT2D eigenvalue weighted by Crippen LogP contribution is 2.37. The molecule has 0 amide bonds. The highest BCUT2D eigenvalue weighted by atomic mass is 35.5. The maximum absolute atomic E-state index is 11.1. The molecule has 88 valence electrons. The largest absolute Gasteiger partial charge is 0.481 e. The molecule has 1 aromatic rings. The molecule has 4 heteroatoms. The number of hydrogen-bond acceptors (Lipinski definition) is 2. The van der Waals surface area contributed by atoms with Gasteiger partial charge in [0.2, 0.25) is 0 Å². The third-order valence-corrected chi connectivity index (χ3v) is 3.20.